The Balaban J connectivity index is 3.70. The SMILES string of the molecule is O=C(CCCl)OP(=O)(O)O. The van der Waals surface area contributed by atoms with Crippen molar-refractivity contribution in [2.45, 2.75) is 6.42 Å². The van der Waals surface area contributed by atoms with Crippen LogP contribution >= 0.6 is 19.4 Å². The van der Waals surface area contributed by atoms with Crippen LogP contribution in [0.3, 0.4) is 0 Å². The first-order valence-electron chi connectivity index (χ1n) is 2.29. The first kappa shape index (κ1) is 9.91. The van der Waals surface area contributed by atoms with Crippen molar-refractivity contribution < 1.29 is 23.7 Å². The normalized spacial score (nSPS) is 11.1. The van der Waals surface area contributed by atoms with E-state index in [1.165, 1.54) is 0 Å². The molecule has 0 bridgehead atoms. The van der Waals surface area contributed by atoms with Gasteiger partial charge in [-0.1, -0.05) is 0 Å². The first-order chi connectivity index (χ1) is 4.45. The van der Waals surface area contributed by atoms with E-state index in [0.29, 0.717) is 0 Å². The second-order valence-electron chi connectivity index (χ2n) is 1.39. The third-order valence-corrected chi connectivity index (χ3v) is 1.15. The number of halogens is 1. The molecule has 0 heterocycles. The molecule has 0 aliphatic carbocycles. The van der Waals surface area contributed by atoms with E-state index in [1.54, 1.807) is 0 Å². The summed E-state index contributed by atoms with van der Waals surface area (Å²) in [6, 6.07) is 0. The highest BCUT2D eigenvalue weighted by atomic mass is 35.5. The Bertz CT molecular complexity index is 162. The fraction of sp³-hybridized carbons (Fsp3) is 0.667. The van der Waals surface area contributed by atoms with E-state index in [0.717, 1.165) is 0 Å². The quantitative estimate of drug-likeness (QED) is 0.490. The van der Waals surface area contributed by atoms with Crippen molar-refractivity contribution in [3.63, 3.8) is 0 Å². The smallest absolute Gasteiger partial charge is 0.371 e. The highest BCUT2D eigenvalue weighted by Crippen LogP contribution is 2.36. The molecule has 0 radical (unpaired) electrons. The fourth-order valence-corrected chi connectivity index (χ4v) is 0.766. The molecule has 0 fully saturated rings. The Morgan fingerprint density at radius 2 is 2.10 bits per heavy atom. The van der Waals surface area contributed by atoms with E-state index in [9.17, 15) is 9.36 Å². The van der Waals surface area contributed by atoms with E-state index < -0.39 is 13.8 Å². The minimum absolute atomic E-state index is 0.0150. The van der Waals surface area contributed by atoms with Crippen LogP contribution in [0.1, 0.15) is 6.42 Å². The molecular weight excluding hydrogens is 182 g/mol. The number of rotatable bonds is 3. The van der Waals surface area contributed by atoms with Crippen molar-refractivity contribution in [1.29, 1.82) is 0 Å². The third-order valence-electron chi connectivity index (χ3n) is 0.519. The second kappa shape index (κ2) is 3.93. The van der Waals surface area contributed by atoms with Gasteiger partial charge in [-0.2, -0.15) is 0 Å². The summed E-state index contributed by atoms with van der Waals surface area (Å²) in [5.74, 6) is -1.01. The number of carbonyl (C=O) groups is 1. The lowest BCUT2D eigenvalue weighted by molar-refractivity contribution is -0.135. The zero-order valence-electron chi connectivity index (χ0n) is 4.86. The molecule has 10 heavy (non-hydrogen) atoms. The van der Waals surface area contributed by atoms with Crippen LogP contribution in [0, 0.1) is 0 Å². The van der Waals surface area contributed by atoms with Crippen molar-refractivity contribution in [3.8, 4) is 0 Å². The maximum atomic E-state index is 10.3. The molecule has 0 spiro atoms. The van der Waals surface area contributed by atoms with Crippen LogP contribution in [-0.2, 0) is 13.9 Å². The lowest BCUT2D eigenvalue weighted by atomic mass is 10.5. The number of carbonyl (C=O) groups excluding carboxylic acids is 1. The summed E-state index contributed by atoms with van der Waals surface area (Å²) in [7, 11) is -4.66. The molecule has 0 amide bonds. The number of phosphoric acid groups is 1. The number of hydrogen-bond acceptors (Lipinski definition) is 3. The Morgan fingerprint density at radius 3 is 2.40 bits per heavy atom. The summed E-state index contributed by atoms with van der Waals surface area (Å²) in [6.45, 7) is 0. The van der Waals surface area contributed by atoms with Crippen LogP contribution in [0.4, 0.5) is 0 Å². The largest absolute Gasteiger partial charge is 0.526 e. The van der Waals surface area contributed by atoms with Crippen molar-refractivity contribution in [2.24, 2.45) is 0 Å². The van der Waals surface area contributed by atoms with Crippen molar-refractivity contribution in [1.82, 2.24) is 0 Å². The molecule has 7 heteroatoms. The molecule has 0 aliphatic heterocycles. The Kier molecular flexibility index (Phi) is 3.89. The maximum absolute atomic E-state index is 10.3. The van der Waals surface area contributed by atoms with E-state index in [1.807, 2.05) is 0 Å². The maximum Gasteiger partial charge on any atom is 0.526 e. The van der Waals surface area contributed by atoms with Gasteiger partial charge in [-0.25, -0.2) is 4.57 Å². The van der Waals surface area contributed by atoms with Gasteiger partial charge < -0.3 is 4.52 Å². The van der Waals surface area contributed by atoms with E-state index in [-0.39, 0.29) is 12.3 Å². The standard InChI is InChI=1S/C3H6ClO5P/c4-2-1-3(5)9-10(6,7)8/h1-2H2,(H2,6,7,8). The predicted molar refractivity (Wildman–Crippen MR) is 33.5 cm³/mol. The molecule has 2 N–H and O–H groups in total. The summed E-state index contributed by atoms with van der Waals surface area (Å²) in [5.41, 5.74) is 0. The summed E-state index contributed by atoms with van der Waals surface area (Å²) in [5, 5.41) is 0. The lowest BCUT2D eigenvalue weighted by Crippen LogP contribution is -2.02. The van der Waals surface area contributed by atoms with E-state index in [4.69, 9.17) is 21.4 Å². The summed E-state index contributed by atoms with van der Waals surface area (Å²) in [4.78, 5) is 26.3. The van der Waals surface area contributed by atoms with E-state index in [2.05, 4.69) is 4.52 Å². The lowest BCUT2D eigenvalue weighted by Gasteiger charge is -2.02. The molecule has 0 aromatic rings. The minimum Gasteiger partial charge on any atom is -0.371 e. The highest BCUT2D eigenvalue weighted by molar-refractivity contribution is 7.46. The average Bonchev–Trinajstić information content (AvgIpc) is 1.59. The highest BCUT2D eigenvalue weighted by Gasteiger charge is 2.19. The van der Waals surface area contributed by atoms with Crippen LogP contribution in [0.2, 0.25) is 0 Å². The topological polar surface area (TPSA) is 83.8 Å². The molecule has 0 rings (SSSR count). The summed E-state index contributed by atoms with van der Waals surface area (Å²) >= 11 is 5.07. The van der Waals surface area contributed by atoms with E-state index >= 15 is 0 Å². The van der Waals surface area contributed by atoms with Gasteiger partial charge in [0.05, 0.1) is 6.42 Å². The molecule has 0 saturated heterocycles. The van der Waals surface area contributed by atoms with Gasteiger partial charge in [0.15, 0.2) is 0 Å². The summed E-state index contributed by atoms with van der Waals surface area (Å²) in [6.07, 6.45) is -0.202. The molecule has 0 aliphatic rings. The van der Waals surface area contributed by atoms with Gasteiger partial charge in [0.25, 0.3) is 0 Å². The van der Waals surface area contributed by atoms with Crippen molar-refractivity contribution in [2.75, 3.05) is 5.88 Å². The van der Waals surface area contributed by atoms with Gasteiger partial charge in [-0.05, 0) is 0 Å². The Hall–Kier alpha value is -0.0900. The minimum atomic E-state index is -4.66. The monoisotopic (exact) mass is 188 g/mol. The third kappa shape index (κ3) is 6.04. The van der Waals surface area contributed by atoms with Gasteiger partial charge in [-0.15, -0.1) is 11.6 Å². The average molecular weight is 189 g/mol. The molecule has 0 saturated carbocycles. The van der Waals surface area contributed by atoms with Crippen molar-refractivity contribution >= 4 is 25.4 Å². The van der Waals surface area contributed by atoms with Crippen LogP contribution in [0.5, 0.6) is 0 Å². The zero-order chi connectivity index (χ0) is 8.20. The van der Waals surface area contributed by atoms with Crippen LogP contribution in [0.15, 0.2) is 0 Å². The van der Waals surface area contributed by atoms with Gasteiger partial charge in [0.1, 0.15) is 0 Å². The van der Waals surface area contributed by atoms with Gasteiger partial charge in [0, 0.05) is 5.88 Å². The fourth-order valence-electron chi connectivity index (χ4n) is 0.255. The number of phosphoric ester groups is 1. The molecule has 0 unspecified atom stereocenters. The number of hydrogen-bond donors (Lipinski definition) is 2. The second-order valence-corrected chi connectivity index (χ2v) is 2.93. The van der Waals surface area contributed by atoms with Gasteiger partial charge >= 0.3 is 13.8 Å². The van der Waals surface area contributed by atoms with Gasteiger partial charge in [0.2, 0.25) is 0 Å². The molecule has 0 atom stereocenters. The van der Waals surface area contributed by atoms with Gasteiger partial charge in [-0.3, -0.25) is 14.6 Å². The molecular formula is C3H6ClO5P. The Morgan fingerprint density at radius 1 is 1.60 bits per heavy atom. The summed E-state index contributed by atoms with van der Waals surface area (Å²) < 4.78 is 13.5. The predicted octanol–water partition coefficient (Wildman–Crippen LogP) is 0.251. The van der Waals surface area contributed by atoms with Crippen LogP contribution in [0.25, 0.3) is 0 Å². The van der Waals surface area contributed by atoms with Crippen molar-refractivity contribution in [3.05, 3.63) is 0 Å². The van der Waals surface area contributed by atoms with Crippen LogP contribution < -0.4 is 0 Å². The first-order valence-corrected chi connectivity index (χ1v) is 4.36. The molecule has 0 aromatic carbocycles. The number of alkyl halides is 1. The Labute approximate surface area is 62.2 Å². The zero-order valence-corrected chi connectivity index (χ0v) is 6.51. The molecule has 0 aromatic heterocycles. The molecule has 5 nitrogen and oxygen atoms in total. The van der Waals surface area contributed by atoms with Crippen LogP contribution in [-0.4, -0.2) is 21.6 Å². The molecule has 60 valence electrons.